The van der Waals surface area contributed by atoms with Gasteiger partial charge < -0.3 is 10.7 Å². The van der Waals surface area contributed by atoms with Crippen molar-refractivity contribution in [3.63, 3.8) is 0 Å². The number of nitrogens with two attached hydrogens (primary N) is 1. The molecule has 3 rings (SSSR count). The summed E-state index contributed by atoms with van der Waals surface area (Å²) in [6.07, 6.45) is 12.9. The van der Waals surface area contributed by atoms with Gasteiger partial charge in [0.15, 0.2) is 0 Å². The molecule has 0 saturated carbocycles. The molecule has 0 radical (unpaired) electrons. The van der Waals surface area contributed by atoms with Gasteiger partial charge in [-0.2, -0.15) is 0 Å². The van der Waals surface area contributed by atoms with Crippen LogP contribution in [0, 0.1) is 0 Å². The molecule has 1 aromatic carbocycles. The molecule has 1 unspecified atom stereocenters. The highest BCUT2D eigenvalue weighted by atomic mass is 33.1. The highest BCUT2D eigenvalue weighted by Gasteiger charge is 2.15. The number of aromatic amines is 2. The van der Waals surface area contributed by atoms with Crippen LogP contribution in [0.15, 0.2) is 39.9 Å². The number of aryl methyl sites for hydroxylation is 2. The molecule has 180 valence electrons. The maximum atomic E-state index is 10.6. The SMILES string of the molecule is CCCCCC1CCSS1.CCCCCc1ccc(N)cc1.CCc1cc(=O)[nH]c(=O)[nH]1. The van der Waals surface area contributed by atoms with Gasteiger partial charge in [-0.25, -0.2) is 4.79 Å². The van der Waals surface area contributed by atoms with E-state index in [0.717, 1.165) is 10.9 Å². The monoisotopic (exact) mass is 479 g/mol. The minimum Gasteiger partial charge on any atom is -0.399 e. The Morgan fingerprint density at radius 1 is 0.969 bits per heavy atom. The molecule has 1 aliphatic heterocycles. The Bertz CT molecular complexity index is 800. The Hall–Kier alpha value is -1.60. The number of unbranched alkanes of at least 4 members (excludes halogenated alkanes) is 4. The third kappa shape index (κ3) is 13.7. The van der Waals surface area contributed by atoms with Gasteiger partial charge in [0.1, 0.15) is 0 Å². The summed E-state index contributed by atoms with van der Waals surface area (Å²) >= 11 is 0. The number of nitrogens with one attached hydrogen (secondary N) is 2. The first kappa shape index (κ1) is 28.4. The standard InChI is InChI=1S/C11H17N.C8H16S2.C6H8N2O2/c1-2-3-4-5-10-6-8-11(12)9-7-10;1-2-3-4-5-8-6-7-9-10-8;1-2-4-3-5(9)8-6(10)7-4/h6-9H,2-5,12H2,1H3;8H,2-7H2,1H3;3H,2H2,1H3,(H2,7,8,9,10). The molecule has 0 spiro atoms. The number of H-pyrrole nitrogens is 2. The average molecular weight is 480 g/mol. The minimum absolute atomic E-state index is 0.347. The fourth-order valence-electron chi connectivity index (χ4n) is 3.16. The van der Waals surface area contributed by atoms with Crippen LogP contribution in [0.3, 0.4) is 0 Å². The molecule has 1 atom stereocenters. The Labute approximate surface area is 201 Å². The molecule has 32 heavy (non-hydrogen) atoms. The predicted molar refractivity (Wildman–Crippen MR) is 144 cm³/mol. The normalized spacial score (nSPS) is 14.8. The third-order valence-corrected chi connectivity index (χ3v) is 8.11. The fraction of sp³-hybridized carbons (Fsp3) is 0.600. The molecule has 1 fully saturated rings. The smallest absolute Gasteiger partial charge is 0.325 e. The molecule has 0 bridgehead atoms. The quantitative estimate of drug-likeness (QED) is 0.221. The largest absolute Gasteiger partial charge is 0.399 e. The maximum Gasteiger partial charge on any atom is 0.325 e. The van der Waals surface area contributed by atoms with Crippen LogP contribution < -0.4 is 17.0 Å². The van der Waals surface area contributed by atoms with Crippen molar-refractivity contribution in [2.75, 3.05) is 11.5 Å². The van der Waals surface area contributed by atoms with Crippen LogP contribution in [-0.2, 0) is 12.8 Å². The van der Waals surface area contributed by atoms with Gasteiger partial charge in [0.25, 0.3) is 5.56 Å². The number of anilines is 1. The van der Waals surface area contributed by atoms with E-state index in [2.05, 4.69) is 57.5 Å². The second kappa shape index (κ2) is 17.9. The van der Waals surface area contributed by atoms with Crippen molar-refractivity contribution < 1.29 is 0 Å². The van der Waals surface area contributed by atoms with Crippen LogP contribution in [0.25, 0.3) is 0 Å². The van der Waals surface area contributed by atoms with E-state index in [1.54, 1.807) is 0 Å². The van der Waals surface area contributed by atoms with Crippen LogP contribution in [-0.4, -0.2) is 21.0 Å². The molecule has 1 saturated heterocycles. The fourth-order valence-corrected chi connectivity index (χ4v) is 6.19. The van der Waals surface area contributed by atoms with Crippen molar-refractivity contribution >= 4 is 27.3 Å². The number of aromatic nitrogens is 2. The van der Waals surface area contributed by atoms with E-state index in [0.29, 0.717) is 12.1 Å². The van der Waals surface area contributed by atoms with E-state index in [4.69, 9.17) is 5.73 Å². The second-order valence-corrected chi connectivity index (χ2v) is 10.8. The van der Waals surface area contributed by atoms with Crippen LogP contribution in [0.4, 0.5) is 5.69 Å². The van der Waals surface area contributed by atoms with E-state index in [-0.39, 0.29) is 5.56 Å². The lowest BCUT2D eigenvalue weighted by Crippen LogP contribution is -2.22. The van der Waals surface area contributed by atoms with E-state index >= 15 is 0 Å². The van der Waals surface area contributed by atoms with Crippen molar-refractivity contribution in [1.82, 2.24) is 9.97 Å². The van der Waals surface area contributed by atoms with E-state index in [9.17, 15) is 9.59 Å². The number of hydrogen-bond donors (Lipinski definition) is 3. The molecule has 7 heteroatoms. The molecule has 0 amide bonds. The summed E-state index contributed by atoms with van der Waals surface area (Å²) in [6.45, 7) is 6.37. The Morgan fingerprint density at radius 3 is 2.22 bits per heavy atom. The van der Waals surface area contributed by atoms with Crippen molar-refractivity contribution in [3.8, 4) is 0 Å². The lowest BCUT2D eigenvalue weighted by Gasteiger charge is -2.04. The van der Waals surface area contributed by atoms with E-state index < -0.39 is 5.69 Å². The van der Waals surface area contributed by atoms with Gasteiger partial charge in [0.05, 0.1) is 0 Å². The van der Waals surface area contributed by atoms with Gasteiger partial charge in [-0.15, -0.1) is 0 Å². The summed E-state index contributed by atoms with van der Waals surface area (Å²) in [5.41, 5.74) is 7.71. The molecule has 2 heterocycles. The number of benzene rings is 1. The highest BCUT2D eigenvalue weighted by Crippen LogP contribution is 2.39. The Morgan fingerprint density at radius 2 is 1.66 bits per heavy atom. The number of rotatable bonds is 9. The topological polar surface area (TPSA) is 91.7 Å². The second-order valence-electron chi connectivity index (χ2n) is 7.99. The summed E-state index contributed by atoms with van der Waals surface area (Å²) in [7, 11) is 4.17. The van der Waals surface area contributed by atoms with Crippen LogP contribution in [0.5, 0.6) is 0 Å². The van der Waals surface area contributed by atoms with Gasteiger partial charge in [0, 0.05) is 28.5 Å². The van der Waals surface area contributed by atoms with Crippen molar-refractivity contribution in [2.45, 2.75) is 90.2 Å². The summed E-state index contributed by atoms with van der Waals surface area (Å²) < 4.78 is 0. The van der Waals surface area contributed by atoms with E-state index in [1.807, 2.05) is 19.1 Å². The maximum absolute atomic E-state index is 10.6. The Balaban J connectivity index is 0.000000241. The zero-order chi connectivity index (χ0) is 23.6. The van der Waals surface area contributed by atoms with Crippen molar-refractivity contribution in [3.05, 3.63) is 62.4 Å². The zero-order valence-electron chi connectivity index (χ0n) is 20.0. The van der Waals surface area contributed by atoms with Crippen LogP contribution >= 0.6 is 21.6 Å². The van der Waals surface area contributed by atoms with Gasteiger partial charge in [-0.1, -0.05) is 86.6 Å². The molecular weight excluding hydrogens is 438 g/mol. The first-order valence-corrected chi connectivity index (χ1v) is 14.3. The Kier molecular flexibility index (Phi) is 15.9. The van der Waals surface area contributed by atoms with Gasteiger partial charge in [-0.05, 0) is 49.8 Å². The molecule has 4 N–H and O–H groups in total. The summed E-state index contributed by atoms with van der Waals surface area (Å²) in [6, 6.07) is 9.56. The molecule has 0 aliphatic carbocycles. The third-order valence-electron chi connectivity index (χ3n) is 5.10. The minimum atomic E-state index is -0.440. The van der Waals surface area contributed by atoms with Gasteiger partial charge in [0.2, 0.25) is 0 Å². The van der Waals surface area contributed by atoms with Crippen LogP contribution in [0.2, 0.25) is 0 Å². The zero-order valence-corrected chi connectivity index (χ0v) is 21.6. The predicted octanol–water partition coefficient (Wildman–Crippen LogP) is 6.35. The highest BCUT2D eigenvalue weighted by molar-refractivity contribution is 8.77. The van der Waals surface area contributed by atoms with Crippen molar-refractivity contribution in [2.24, 2.45) is 0 Å². The average Bonchev–Trinajstić information content (AvgIpc) is 3.29. The summed E-state index contributed by atoms with van der Waals surface area (Å²) in [4.78, 5) is 25.7. The number of hydrogen-bond acceptors (Lipinski definition) is 5. The molecule has 1 aliphatic rings. The first-order chi connectivity index (χ1) is 15.5. The van der Waals surface area contributed by atoms with Gasteiger partial charge in [-0.3, -0.25) is 9.78 Å². The molecule has 1 aromatic heterocycles. The number of nitrogen functional groups attached to an aromatic ring is 1. The lowest BCUT2D eigenvalue weighted by atomic mass is 10.1. The van der Waals surface area contributed by atoms with E-state index in [1.165, 1.54) is 75.2 Å². The summed E-state index contributed by atoms with van der Waals surface area (Å²) in [5.74, 6) is 1.39. The first-order valence-electron chi connectivity index (χ1n) is 11.9. The summed E-state index contributed by atoms with van der Waals surface area (Å²) in [5, 5.41) is 0.997. The lowest BCUT2D eigenvalue weighted by molar-refractivity contribution is 0.642. The van der Waals surface area contributed by atoms with Crippen molar-refractivity contribution in [1.29, 1.82) is 0 Å². The van der Waals surface area contributed by atoms with Gasteiger partial charge >= 0.3 is 5.69 Å². The molecule has 2 aromatic rings. The molecular formula is C25H41N3O2S2. The molecule has 5 nitrogen and oxygen atoms in total. The van der Waals surface area contributed by atoms with Crippen LogP contribution in [0.1, 0.15) is 83.4 Å².